The first-order valence-electron chi connectivity index (χ1n) is 37.4. The van der Waals surface area contributed by atoms with Gasteiger partial charge in [-0.3, -0.25) is 57.5 Å². The number of carbonyl (C=O) groups is 12. The van der Waals surface area contributed by atoms with Crippen LogP contribution in [0.4, 0.5) is 22.0 Å². The summed E-state index contributed by atoms with van der Waals surface area (Å²) >= 11 is 0. The minimum atomic E-state index is -5.15. The van der Waals surface area contributed by atoms with Gasteiger partial charge in [0.05, 0.1) is 13.0 Å². The molecule has 4 heterocycles. The number of rotatable bonds is 11. The van der Waals surface area contributed by atoms with Crippen LogP contribution in [0.15, 0.2) is 0 Å². The highest BCUT2D eigenvalue weighted by molar-refractivity contribution is 6.01. The van der Waals surface area contributed by atoms with E-state index in [0.717, 1.165) is 49.8 Å². The molecule has 4 saturated carbocycles. The van der Waals surface area contributed by atoms with Crippen molar-refractivity contribution in [3.63, 3.8) is 0 Å². The average Bonchev–Trinajstić information content (AvgIpc) is 1.75. The van der Waals surface area contributed by atoms with Crippen molar-refractivity contribution in [3.05, 3.63) is 0 Å². The lowest BCUT2D eigenvalue weighted by atomic mass is 9.76. The molecule has 101 heavy (non-hydrogen) atoms. The van der Waals surface area contributed by atoms with E-state index in [4.69, 9.17) is 0 Å². The number of fused-ring (bicyclic) bond motifs is 2. The standard InChI is InChI=1S/C72H113F5N12O12/c1-12-43(4)59-68(99)82(7)44(5)63(94)89-35-29-52(89)66(97)84(9)54(39-45-22-14-13-15-23-45)65(96)81(6)41-56(90)78-50(28-27-46-37-48(73)58(49(74)38-46)72(75,76)77)64(95)88-34-20-26-51(88)62(93)80-71(30-18-19-31-71)70(101)86(11)60(47-24-16-17-25-47)69(100)85(10)55(67(98)87-32-21-33-87)40-57(91)83(8)53(36-42(2)3)61(92)79-59/h42-55,58-60H,12-41H2,1-11H3,(H,78,90)(H,79,92)(H,80,93)/t43-,44-,46?,48?,49?,50-,51-,52-,53-,54-,55-,58?,59-,60-/m0/s1. The van der Waals surface area contributed by atoms with Gasteiger partial charge in [-0.25, -0.2) is 8.78 Å². The summed E-state index contributed by atoms with van der Waals surface area (Å²) in [5.74, 6) is -12.8. The zero-order valence-corrected chi connectivity index (χ0v) is 61.3. The first-order chi connectivity index (χ1) is 47.6. The molecule has 0 aromatic rings. The molecule has 0 aromatic carbocycles. The topological polar surface area (TPSA) is 270 Å². The highest BCUT2D eigenvalue weighted by Crippen LogP contribution is 2.45. The number of carbonyl (C=O) groups excluding carboxylic acids is 12. The van der Waals surface area contributed by atoms with Gasteiger partial charge in [-0.2, -0.15) is 13.2 Å². The first kappa shape index (κ1) is 80.0. The minimum absolute atomic E-state index is 0.00686. The van der Waals surface area contributed by atoms with Crippen LogP contribution in [0.5, 0.6) is 0 Å². The van der Waals surface area contributed by atoms with Crippen molar-refractivity contribution < 1.29 is 79.5 Å². The third-order valence-corrected chi connectivity index (χ3v) is 24.0. The van der Waals surface area contributed by atoms with Gasteiger partial charge in [-0.1, -0.05) is 91.9 Å². The zero-order chi connectivity index (χ0) is 74.3. The summed E-state index contributed by atoms with van der Waals surface area (Å²) in [6.45, 7) is 8.98. The third kappa shape index (κ3) is 18.3. The molecule has 8 rings (SSSR count). The molecule has 29 heteroatoms. The molecule has 0 radical (unpaired) electrons. The van der Waals surface area contributed by atoms with E-state index in [1.165, 1.54) is 83.5 Å². The lowest BCUT2D eigenvalue weighted by Crippen LogP contribution is -2.65. The number of likely N-dealkylation sites (tertiary alicyclic amines) is 1. The Morgan fingerprint density at radius 3 is 1.76 bits per heavy atom. The van der Waals surface area contributed by atoms with E-state index in [2.05, 4.69) is 16.0 Å². The van der Waals surface area contributed by atoms with Crippen molar-refractivity contribution in [2.45, 2.75) is 274 Å². The lowest BCUT2D eigenvalue weighted by molar-refractivity contribution is -0.219. The van der Waals surface area contributed by atoms with Crippen molar-refractivity contribution in [2.75, 3.05) is 75.0 Å². The van der Waals surface area contributed by atoms with Crippen LogP contribution in [-0.2, 0) is 57.5 Å². The number of amides is 12. The fourth-order valence-corrected chi connectivity index (χ4v) is 17.0. The number of halogens is 5. The van der Waals surface area contributed by atoms with E-state index in [-0.39, 0.29) is 82.7 Å². The summed E-state index contributed by atoms with van der Waals surface area (Å²) in [6.07, 6.45) is -2.80. The number of hydrogen-bond donors (Lipinski definition) is 3. The van der Waals surface area contributed by atoms with Gasteiger partial charge in [0.15, 0.2) is 0 Å². The number of nitrogens with zero attached hydrogens (tertiary/aromatic N) is 9. The Kier molecular flexibility index (Phi) is 27.1. The molecule has 8 aliphatic rings. The maximum absolute atomic E-state index is 15.6. The molecule has 24 nitrogen and oxygen atoms in total. The van der Waals surface area contributed by atoms with Gasteiger partial charge >= 0.3 is 6.18 Å². The van der Waals surface area contributed by atoms with E-state index in [1.807, 2.05) is 20.8 Å². The van der Waals surface area contributed by atoms with Crippen LogP contribution in [0.2, 0.25) is 0 Å². The van der Waals surface area contributed by atoms with Gasteiger partial charge in [-0.05, 0) is 126 Å². The number of nitrogens with one attached hydrogen (secondary N) is 3. The molecule has 4 aliphatic carbocycles. The fraction of sp³-hybridized carbons (Fsp3) is 0.833. The molecule has 568 valence electrons. The second-order valence-corrected chi connectivity index (χ2v) is 31.2. The zero-order valence-electron chi connectivity index (χ0n) is 61.3. The van der Waals surface area contributed by atoms with Crippen LogP contribution in [0.3, 0.4) is 0 Å². The Bertz CT molecular complexity index is 3000. The van der Waals surface area contributed by atoms with Crippen LogP contribution in [0, 0.1) is 35.5 Å². The Morgan fingerprint density at radius 2 is 1.20 bits per heavy atom. The molecule has 4 aliphatic heterocycles. The summed E-state index contributed by atoms with van der Waals surface area (Å²) in [4.78, 5) is 192. The molecule has 8 fully saturated rings. The van der Waals surface area contributed by atoms with Crippen LogP contribution >= 0.6 is 0 Å². The van der Waals surface area contributed by atoms with E-state index in [0.29, 0.717) is 51.6 Å². The Labute approximate surface area is 592 Å². The molecule has 12 atom stereocenters. The van der Waals surface area contributed by atoms with Crippen LogP contribution in [0.1, 0.15) is 195 Å². The summed E-state index contributed by atoms with van der Waals surface area (Å²) < 4.78 is 72.3. The van der Waals surface area contributed by atoms with Gasteiger partial charge in [0.25, 0.3) is 0 Å². The first-order valence-corrected chi connectivity index (χ1v) is 37.4. The molecule has 4 saturated heterocycles. The highest BCUT2D eigenvalue weighted by atomic mass is 19.4. The van der Waals surface area contributed by atoms with Gasteiger partial charge in [0, 0.05) is 68.5 Å². The maximum Gasteiger partial charge on any atom is 0.397 e. The van der Waals surface area contributed by atoms with Crippen LogP contribution < -0.4 is 16.0 Å². The summed E-state index contributed by atoms with van der Waals surface area (Å²) in [5, 5.41) is 8.66. The average molecular weight is 1430 g/mol. The summed E-state index contributed by atoms with van der Waals surface area (Å²) in [5.41, 5.74) is -1.60. The molecule has 12 amide bonds. The molecular weight excluding hydrogens is 1320 g/mol. The van der Waals surface area contributed by atoms with E-state index >= 15 is 28.0 Å². The summed E-state index contributed by atoms with van der Waals surface area (Å²) in [6, 6.07) is -11.2. The fourth-order valence-electron chi connectivity index (χ4n) is 17.0. The highest BCUT2D eigenvalue weighted by Gasteiger charge is 2.55. The largest absolute Gasteiger partial charge is 0.397 e. The number of alkyl halides is 5. The van der Waals surface area contributed by atoms with E-state index < -0.39 is 199 Å². The van der Waals surface area contributed by atoms with Crippen LogP contribution in [-0.4, -0.2) is 268 Å². The predicted octanol–water partition coefficient (Wildman–Crippen LogP) is 5.52. The quantitative estimate of drug-likeness (QED) is 0.216. The normalized spacial score (nSPS) is 32.2. The maximum atomic E-state index is 15.6. The molecule has 1 spiro atoms. The van der Waals surface area contributed by atoms with Gasteiger partial charge < -0.3 is 60.0 Å². The Hall–Kier alpha value is -6.71. The lowest BCUT2D eigenvalue weighted by Gasteiger charge is -2.45. The van der Waals surface area contributed by atoms with Crippen molar-refractivity contribution in [3.8, 4) is 0 Å². The predicted molar refractivity (Wildman–Crippen MR) is 363 cm³/mol. The molecule has 3 N–H and O–H groups in total. The van der Waals surface area contributed by atoms with E-state index in [9.17, 15) is 51.5 Å². The van der Waals surface area contributed by atoms with Gasteiger partial charge in [-0.15, -0.1) is 0 Å². The van der Waals surface area contributed by atoms with Gasteiger partial charge in [0.2, 0.25) is 70.9 Å². The smallest absolute Gasteiger partial charge is 0.343 e. The monoisotopic (exact) mass is 1430 g/mol. The Morgan fingerprint density at radius 1 is 0.584 bits per heavy atom. The molecular formula is C72H113F5N12O12. The molecule has 2 unspecified atom stereocenters. The van der Waals surface area contributed by atoms with Gasteiger partial charge in [0.1, 0.15) is 78.2 Å². The second kappa shape index (κ2) is 34.3. The Balaban J connectivity index is 1.16. The summed E-state index contributed by atoms with van der Waals surface area (Å²) in [7, 11) is 8.57. The van der Waals surface area contributed by atoms with Crippen molar-refractivity contribution in [1.82, 2.24) is 60.0 Å². The van der Waals surface area contributed by atoms with Crippen molar-refractivity contribution in [1.29, 1.82) is 0 Å². The third-order valence-electron chi connectivity index (χ3n) is 24.0. The molecule has 0 bridgehead atoms. The minimum Gasteiger partial charge on any atom is -0.343 e. The number of hydrogen-bond acceptors (Lipinski definition) is 12. The van der Waals surface area contributed by atoms with Crippen molar-refractivity contribution in [2.24, 2.45) is 35.5 Å². The number of likely N-dealkylation sites (N-methyl/N-ethyl adjacent to an activating group) is 6. The van der Waals surface area contributed by atoms with Crippen LogP contribution in [0.25, 0.3) is 0 Å². The van der Waals surface area contributed by atoms with E-state index in [1.54, 1.807) is 11.8 Å². The van der Waals surface area contributed by atoms with Crippen molar-refractivity contribution >= 4 is 70.9 Å². The molecule has 0 aromatic heterocycles. The SMILES string of the molecule is CC[C@H](C)[C@@H]1NC(=O)[C@H](CC(C)C)N(C)C(=O)C[C@@H](C(=O)N2CCC2)N(C)C(=O)[C@H](C2CCCC2)N(C)C(=O)C2(CCCC2)NC(=O)[C@@H]2CCCN2C(=O)[C@H](CCC2CC(F)C(C(F)(F)F)C(F)C2)NC(=O)CN(C)C(=O)[C@H](CC2CCCCC2)N(C)C(=O)[C@@H]2CCN2C(=O)[C@H](C)N(C)C1=O. The second-order valence-electron chi connectivity index (χ2n) is 31.2.